The van der Waals surface area contributed by atoms with E-state index in [1.165, 1.54) is 30.3 Å². The third kappa shape index (κ3) is 3.48. The molecule has 0 saturated carbocycles. The Morgan fingerprint density at radius 3 is 2.52 bits per heavy atom. The number of phenols is 1. The van der Waals surface area contributed by atoms with E-state index >= 15 is 0 Å². The number of phenolic OH excluding ortho intramolecular Hbond substituents is 1. The van der Waals surface area contributed by atoms with Gasteiger partial charge in [0.15, 0.2) is 17.3 Å². The lowest BCUT2D eigenvalue weighted by Gasteiger charge is -2.11. The lowest BCUT2D eigenvalue weighted by molar-refractivity contribution is -0.384. The average Bonchev–Trinajstić information content (AvgIpc) is 2.64. The number of aromatic hydroxyl groups is 1. The fraction of sp³-hybridized carbons (Fsp3) is 0. The van der Waals surface area contributed by atoms with Crippen LogP contribution < -0.4 is 4.74 Å². The van der Waals surface area contributed by atoms with Crippen LogP contribution in [0, 0.1) is 10.1 Å². The minimum absolute atomic E-state index is 0.0450. The number of nitro benzene ring substituents is 1. The van der Waals surface area contributed by atoms with E-state index in [9.17, 15) is 20.0 Å². The number of carbonyl (C=O) groups is 1. The predicted octanol–water partition coefficient (Wildman–Crippen LogP) is 4.32. The molecule has 6 heteroatoms. The highest BCUT2D eigenvalue weighted by Crippen LogP contribution is 2.34. The summed E-state index contributed by atoms with van der Waals surface area (Å²) in [6.07, 6.45) is 0. The van der Waals surface area contributed by atoms with Gasteiger partial charge in [-0.25, -0.2) is 0 Å². The Morgan fingerprint density at radius 2 is 1.84 bits per heavy atom. The Hall–Kier alpha value is -3.67. The van der Waals surface area contributed by atoms with Crippen molar-refractivity contribution in [2.45, 2.75) is 0 Å². The number of benzene rings is 3. The van der Waals surface area contributed by atoms with Gasteiger partial charge in [0.1, 0.15) is 5.75 Å². The Kier molecular flexibility index (Phi) is 4.43. The maximum absolute atomic E-state index is 12.8. The molecule has 0 atom stereocenters. The fourth-order valence-electron chi connectivity index (χ4n) is 2.30. The number of para-hydroxylation sites is 2. The van der Waals surface area contributed by atoms with Crippen molar-refractivity contribution in [1.29, 1.82) is 0 Å². The molecule has 25 heavy (non-hydrogen) atoms. The number of hydrogen-bond donors (Lipinski definition) is 1. The molecule has 0 heterocycles. The molecule has 0 aromatic heterocycles. The smallest absolute Gasteiger partial charge is 0.270 e. The number of non-ortho nitro benzene ring substituents is 1. The Labute approximate surface area is 143 Å². The minimum Gasteiger partial charge on any atom is -0.504 e. The number of rotatable bonds is 5. The highest BCUT2D eigenvalue weighted by molar-refractivity contribution is 6.11. The van der Waals surface area contributed by atoms with Crippen molar-refractivity contribution in [1.82, 2.24) is 0 Å². The molecular formula is C19H13NO5. The lowest BCUT2D eigenvalue weighted by Crippen LogP contribution is -2.04. The van der Waals surface area contributed by atoms with Gasteiger partial charge in [-0.05, 0) is 18.2 Å². The first-order valence-electron chi connectivity index (χ1n) is 7.40. The largest absolute Gasteiger partial charge is 0.504 e. The normalized spacial score (nSPS) is 10.2. The second-order valence-corrected chi connectivity index (χ2v) is 5.20. The van der Waals surface area contributed by atoms with Crippen molar-refractivity contribution in [3.05, 3.63) is 94.0 Å². The summed E-state index contributed by atoms with van der Waals surface area (Å²) in [7, 11) is 0. The van der Waals surface area contributed by atoms with Crippen molar-refractivity contribution >= 4 is 11.5 Å². The molecule has 0 bridgehead atoms. The number of nitrogens with zero attached hydrogens (tertiary/aromatic N) is 1. The third-order valence-electron chi connectivity index (χ3n) is 3.54. The van der Waals surface area contributed by atoms with E-state index in [-0.39, 0.29) is 28.5 Å². The van der Waals surface area contributed by atoms with Gasteiger partial charge >= 0.3 is 0 Å². The number of ether oxygens (including phenoxy) is 1. The zero-order chi connectivity index (χ0) is 17.8. The second-order valence-electron chi connectivity index (χ2n) is 5.20. The van der Waals surface area contributed by atoms with Crippen LogP contribution in [0.5, 0.6) is 17.2 Å². The molecule has 0 aliphatic carbocycles. The van der Waals surface area contributed by atoms with E-state index < -0.39 is 10.7 Å². The monoisotopic (exact) mass is 347 g/mol. The summed E-state index contributed by atoms with van der Waals surface area (Å²) in [6.45, 7) is 0. The highest BCUT2D eigenvalue weighted by Gasteiger charge is 2.20. The standard InChI is InChI=1S/C19H13NO5/c21-16-8-4-5-9-18(16)25-17-11-10-14(20(23)24)12-15(17)19(22)13-6-2-1-3-7-13/h1-12,21H/i4+2,5+2,8+2,9+2,16+2,18+2. The molecule has 0 saturated heterocycles. The first-order chi connectivity index (χ1) is 12.1. The molecule has 124 valence electrons. The van der Waals surface area contributed by atoms with Gasteiger partial charge in [-0.3, -0.25) is 14.9 Å². The van der Waals surface area contributed by atoms with E-state index in [4.69, 9.17) is 4.74 Å². The summed E-state index contributed by atoms with van der Waals surface area (Å²) >= 11 is 0. The van der Waals surface area contributed by atoms with Gasteiger partial charge in [-0.1, -0.05) is 42.5 Å². The van der Waals surface area contributed by atoms with Gasteiger partial charge < -0.3 is 9.84 Å². The molecule has 1 N–H and O–H groups in total. The molecule has 0 radical (unpaired) electrons. The SMILES string of the molecule is O=C(c1ccccc1)c1cc([N+](=O)[O-])ccc1O[14c]1[14cH][14cH][14cH][14cH][14c]1O. The van der Waals surface area contributed by atoms with E-state index in [1.54, 1.807) is 42.5 Å². The maximum Gasteiger partial charge on any atom is 0.270 e. The van der Waals surface area contributed by atoms with Crippen molar-refractivity contribution in [3.8, 4) is 17.2 Å². The van der Waals surface area contributed by atoms with Crippen molar-refractivity contribution in [2.75, 3.05) is 0 Å². The zero-order valence-electron chi connectivity index (χ0n) is 13.0. The summed E-state index contributed by atoms with van der Waals surface area (Å²) in [4.78, 5) is 23.2. The molecule has 6 nitrogen and oxygen atoms in total. The van der Waals surface area contributed by atoms with Gasteiger partial charge in [-0.2, -0.15) is 0 Å². The minimum atomic E-state index is -0.578. The van der Waals surface area contributed by atoms with Crippen molar-refractivity contribution in [3.63, 3.8) is 0 Å². The van der Waals surface area contributed by atoms with Crippen LogP contribution >= 0.6 is 0 Å². The lowest BCUT2D eigenvalue weighted by atomic mass is 10.0. The van der Waals surface area contributed by atoms with Gasteiger partial charge in [-0.15, -0.1) is 0 Å². The molecule has 0 spiro atoms. The van der Waals surface area contributed by atoms with Crippen LogP contribution in [0.3, 0.4) is 0 Å². The molecular weight excluding hydrogens is 334 g/mol. The van der Waals surface area contributed by atoms with Crippen LogP contribution in [-0.4, -0.2) is 15.8 Å². The Balaban J connectivity index is 2.07. The molecule has 0 unspecified atom stereocenters. The van der Waals surface area contributed by atoms with Crippen LogP contribution in [-0.2, 0) is 0 Å². The molecule has 3 aromatic carbocycles. The molecule has 3 aromatic rings. The Bertz CT molecular complexity index is 938. The van der Waals surface area contributed by atoms with Gasteiger partial charge in [0, 0.05) is 17.7 Å². The van der Waals surface area contributed by atoms with Gasteiger partial charge in [0.25, 0.3) is 5.69 Å². The van der Waals surface area contributed by atoms with Crippen LogP contribution in [0.1, 0.15) is 15.9 Å². The van der Waals surface area contributed by atoms with Gasteiger partial charge in [0.2, 0.25) is 0 Å². The van der Waals surface area contributed by atoms with Crippen molar-refractivity contribution < 1.29 is 19.6 Å². The number of nitro groups is 1. The van der Waals surface area contributed by atoms with Crippen LogP contribution in [0.2, 0.25) is 0 Å². The van der Waals surface area contributed by atoms with Crippen molar-refractivity contribution in [2.24, 2.45) is 0 Å². The van der Waals surface area contributed by atoms with Gasteiger partial charge in [0.05, 0.1) is 10.5 Å². The van der Waals surface area contributed by atoms with E-state index in [0.29, 0.717) is 5.56 Å². The summed E-state index contributed by atoms with van der Waals surface area (Å²) in [6, 6.07) is 18.4. The number of ketones is 1. The van der Waals surface area contributed by atoms with E-state index in [0.717, 1.165) is 0 Å². The summed E-state index contributed by atoms with van der Waals surface area (Å²) in [5.41, 5.74) is 0.206. The molecule has 0 aliphatic rings. The molecule has 0 fully saturated rings. The summed E-state index contributed by atoms with van der Waals surface area (Å²) in [5, 5.41) is 20.9. The van der Waals surface area contributed by atoms with Crippen LogP contribution in [0.4, 0.5) is 5.69 Å². The quantitative estimate of drug-likeness (QED) is 0.422. The molecule has 3 rings (SSSR count). The predicted molar refractivity (Wildman–Crippen MR) is 91.2 cm³/mol. The highest BCUT2D eigenvalue weighted by atomic mass is 16.8. The molecule has 0 aliphatic heterocycles. The second kappa shape index (κ2) is 6.84. The number of carbonyl (C=O) groups excluding carboxylic acids is 1. The zero-order valence-corrected chi connectivity index (χ0v) is 13.0. The van der Waals surface area contributed by atoms with Crippen LogP contribution in [0.25, 0.3) is 0 Å². The number of hydrogen-bond acceptors (Lipinski definition) is 5. The Morgan fingerprint density at radius 1 is 1.12 bits per heavy atom. The summed E-state index contributed by atoms with van der Waals surface area (Å²) in [5.74, 6) is -0.229. The van der Waals surface area contributed by atoms with E-state index in [2.05, 4.69) is 0 Å². The first kappa shape index (κ1) is 16.2. The first-order valence-corrected chi connectivity index (χ1v) is 7.40. The maximum atomic E-state index is 12.8. The third-order valence-corrected chi connectivity index (χ3v) is 3.54. The fourth-order valence-corrected chi connectivity index (χ4v) is 2.30. The summed E-state index contributed by atoms with van der Waals surface area (Å²) < 4.78 is 5.62. The van der Waals surface area contributed by atoms with E-state index in [1.807, 2.05) is 0 Å². The topological polar surface area (TPSA) is 89.7 Å². The molecule has 0 amide bonds. The van der Waals surface area contributed by atoms with Crippen LogP contribution in [0.15, 0.2) is 72.8 Å². The average molecular weight is 347 g/mol.